The Balaban J connectivity index is 1.82. The summed E-state index contributed by atoms with van der Waals surface area (Å²) in [5.41, 5.74) is 0.689. The highest BCUT2D eigenvalue weighted by Crippen LogP contribution is 2.34. The smallest absolute Gasteiger partial charge is 0.273 e. The van der Waals surface area contributed by atoms with Crippen molar-refractivity contribution in [3.8, 4) is 5.75 Å². The standard InChI is InChI=1S/C13H10ClNO4S2/c14-11-5-6-12(20-11)21(17,18)15-13(16)9-7-19-10-4-2-1-3-8(9)10/h1-6,9H,7H2,(H,15,16)/t9-/m1/s1. The summed E-state index contributed by atoms with van der Waals surface area (Å²) in [7, 11) is -3.90. The Kier molecular flexibility index (Phi) is 3.64. The topological polar surface area (TPSA) is 72.5 Å². The number of thiophene rings is 1. The minimum absolute atomic E-state index is 0.00745. The molecule has 1 amide bonds. The molecule has 21 heavy (non-hydrogen) atoms. The average Bonchev–Trinajstić information content (AvgIpc) is 3.04. The molecule has 1 atom stereocenters. The van der Waals surface area contributed by atoms with Crippen molar-refractivity contribution in [2.75, 3.05) is 6.61 Å². The summed E-state index contributed by atoms with van der Waals surface area (Å²) in [6.07, 6.45) is 0. The molecule has 0 saturated heterocycles. The highest BCUT2D eigenvalue weighted by Gasteiger charge is 2.33. The number of fused-ring (bicyclic) bond motifs is 1. The number of nitrogens with one attached hydrogen (secondary N) is 1. The summed E-state index contributed by atoms with van der Waals surface area (Å²) >= 11 is 6.61. The first-order valence-corrected chi connectivity index (χ1v) is 8.69. The van der Waals surface area contributed by atoms with Gasteiger partial charge in [-0.3, -0.25) is 4.79 Å². The molecule has 1 aromatic carbocycles. The van der Waals surface area contributed by atoms with Crippen LogP contribution in [0.1, 0.15) is 11.5 Å². The molecule has 0 radical (unpaired) electrons. The number of hydrogen-bond acceptors (Lipinski definition) is 5. The second kappa shape index (κ2) is 5.32. The van der Waals surface area contributed by atoms with E-state index in [1.54, 1.807) is 24.3 Å². The highest BCUT2D eigenvalue weighted by molar-refractivity contribution is 7.92. The van der Waals surface area contributed by atoms with Gasteiger partial charge < -0.3 is 4.74 Å². The maximum Gasteiger partial charge on any atom is 0.273 e. The molecule has 0 unspecified atom stereocenters. The Hall–Kier alpha value is -1.57. The lowest BCUT2D eigenvalue weighted by Crippen LogP contribution is -2.34. The van der Waals surface area contributed by atoms with E-state index >= 15 is 0 Å². The lowest BCUT2D eigenvalue weighted by Gasteiger charge is -2.09. The Labute approximate surface area is 130 Å². The molecular weight excluding hydrogens is 334 g/mol. The number of carbonyl (C=O) groups is 1. The van der Waals surface area contributed by atoms with Crippen LogP contribution in [0, 0.1) is 0 Å². The molecule has 1 N–H and O–H groups in total. The van der Waals surface area contributed by atoms with Gasteiger partial charge in [0.05, 0.1) is 4.34 Å². The SMILES string of the molecule is O=C(NS(=O)(=O)c1ccc(Cl)s1)[C@@H]1COc2ccccc21. The van der Waals surface area contributed by atoms with Crippen LogP contribution in [0.3, 0.4) is 0 Å². The van der Waals surface area contributed by atoms with Gasteiger partial charge in [0.2, 0.25) is 5.91 Å². The third-order valence-electron chi connectivity index (χ3n) is 3.06. The zero-order valence-electron chi connectivity index (χ0n) is 10.6. The number of benzene rings is 1. The minimum Gasteiger partial charge on any atom is -0.492 e. The molecule has 0 spiro atoms. The zero-order valence-corrected chi connectivity index (χ0v) is 13.0. The fraction of sp³-hybridized carbons (Fsp3) is 0.154. The maximum absolute atomic E-state index is 12.2. The molecule has 0 fully saturated rings. The van der Waals surface area contributed by atoms with Crippen molar-refractivity contribution >= 4 is 38.9 Å². The Morgan fingerprint density at radius 3 is 2.76 bits per heavy atom. The molecule has 1 aromatic heterocycles. The molecule has 5 nitrogen and oxygen atoms in total. The van der Waals surface area contributed by atoms with Gasteiger partial charge in [-0.2, -0.15) is 0 Å². The van der Waals surface area contributed by atoms with Crippen molar-refractivity contribution in [2.24, 2.45) is 0 Å². The lowest BCUT2D eigenvalue weighted by molar-refractivity contribution is -0.120. The quantitative estimate of drug-likeness (QED) is 0.928. The molecule has 110 valence electrons. The van der Waals surface area contributed by atoms with Crippen LogP contribution in [0.5, 0.6) is 5.75 Å². The van der Waals surface area contributed by atoms with E-state index in [1.165, 1.54) is 12.1 Å². The predicted molar refractivity (Wildman–Crippen MR) is 79.3 cm³/mol. The number of ether oxygens (including phenoxy) is 1. The lowest BCUT2D eigenvalue weighted by atomic mass is 10.0. The van der Waals surface area contributed by atoms with Gasteiger partial charge in [-0.25, -0.2) is 13.1 Å². The van der Waals surface area contributed by atoms with Crippen molar-refractivity contribution < 1.29 is 17.9 Å². The van der Waals surface area contributed by atoms with Crippen LogP contribution in [0.2, 0.25) is 4.34 Å². The monoisotopic (exact) mass is 343 g/mol. The molecule has 0 saturated carbocycles. The second-order valence-electron chi connectivity index (χ2n) is 4.43. The average molecular weight is 344 g/mol. The number of para-hydroxylation sites is 1. The first-order chi connectivity index (χ1) is 9.97. The predicted octanol–water partition coefficient (Wildman–Crippen LogP) is 2.38. The summed E-state index contributed by atoms with van der Waals surface area (Å²) < 4.78 is 32.0. The fourth-order valence-electron chi connectivity index (χ4n) is 2.08. The summed E-state index contributed by atoms with van der Waals surface area (Å²) in [6.45, 7) is 0.131. The third-order valence-corrected chi connectivity index (χ3v) is 6.13. The molecule has 0 bridgehead atoms. The number of halogens is 1. The molecule has 1 aliphatic rings. The van der Waals surface area contributed by atoms with E-state index in [9.17, 15) is 13.2 Å². The van der Waals surface area contributed by atoms with Crippen LogP contribution in [0.25, 0.3) is 0 Å². The summed E-state index contributed by atoms with van der Waals surface area (Å²) in [6, 6.07) is 9.91. The maximum atomic E-state index is 12.2. The summed E-state index contributed by atoms with van der Waals surface area (Å²) in [5.74, 6) is -0.634. The van der Waals surface area contributed by atoms with Crippen LogP contribution in [0.4, 0.5) is 0 Å². The fourth-order valence-corrected chi connectivity index (χ4v) is 4.58. The Morgan fingerprint density at radius 1 is 1.29 bits per heavy atom. The minimum atomic E-state index is -3.90. The van der Waals surface area contributed by atoms with Crippen LogP contribution < -0.4 is 9.46 Å². The largest absolute Gasteiger partial charge is 0.492 e. The van der Waals surface area contributed by atoms with Gasteiger partial charge in [0.25, 0.3) is 10.0 Å². The van der Waals surface area contributed by atoms with Gasteiger partial charge in [0, 0.05) is 5.56 Å². The highest BCUT2D eigenvalue weighted by atomic mass is 35.5. The van der Waals surface area contributed by atoms with E-state index in [0.29, 0.717) is 15.6 Å². The number of rotatable bonds is 3. The molecule has 1 aliphatic heterocycles. The van der Waals surface area contributed by atoms with Crippen molar-refractivity contribution in [3.05, 3.63) is 46.3 Å². The van der Waals surface area contributed by atoms with Gasteiger partial charge in [-0.1, -0.05) is 29.8 Å². The summed E-state index contributed by atoms with van der Waals surface area (Å²) in [4.78, 5) is 12.2. The molecule has 2 aromatic rings. The van der Waals surface area contributed by atoms with E-state index in [-0.39, 0.29) is 10.8 Å². The number of hydrogen-bond donors (Lipinski definition) is 1. The Bertz CT molecular complexity index is 800. The van der Waals surface area contributed by atoms with Crippen molar-refractivity contribution in [3.63, 3.8) is 0 Å². The van der Waals surface area contributed by atoms with Gasteiger partial charge in [0.15, 0.2) is 0 Å². The first-order valence-electron chi connectivity index (χ1n) is 6.01. The van der Waals surface area contributed by atoms with Crippen molar-refractivity contribution in [2.45, 2.75) is 10.1 Å². The van der Waals surface area contributed by atoms with Crippen molar-refractivity contribution in [1.82, 2.24) is 4.72 Å². The molecule has 0 aliphatic carbocycles. The third kappa shape index (κ3) is 2.76. The van der Waals surface area contributed by atoms with Crippen LogP contribution in [-0.2, 0) is 14.8 Å². The van der Waals surface area contributed by atoms with Gasteiger partial charge >= 0.3 is 0 Å². The van der Waals surface area contributed by atoms with Gasteiger partial charge in [-0.15, -0.1) is 11.3 Å². The Morgan fingerprint density at radius 2 is 2.05 bits per heavy atom. The van der Waals surface area contributed by atoms with Gasteiger partial charge in [0.1, 0.15) is 22.5 Å². The van der Waals surface area contributed by atoms with E-state index in [0.717, 1.165) is 11.3 Å². The zero-order chi connectivity index (χ0) is 15.0. The summed E-state index contributed by atoms with van der Waals surface area (Å²) in [5, 5.41) is 0. The number of sulfonamides is 1. The normalized spacial score (nSPS) is 17.1. The van der Waals surface area contributed by atoms with E-state index in [2.05, 4.69) is 4.72 Å². The van der Waals surface area contributed by atoms with Gasteiger partial charge in [-0.05, 0) is 18.2 Å². The van der Waals surface area contributed by atoms with Crippen LogP contribution >= 0.6 is 22.9 Å². The number of amides is 1. The van der Waals surface area contributed by atoms with Crippen LogP contribution in [-0.4, -0.2) is 20.9 Å². The molecule has 8 heteroatoms. The molecule has 2 heterocycles. The second-order valence-corrected chi connectivity index (χ2v) is 8.05. The number of carbonyl (C=O) groups excluding carboxylic acids is 1. The molecular formula is C13H10ClNO4S2. The molecule has 3 rings (SSSR count). The van der Waals surface area contributed by atoms with E-state index in [4.69, 9.17) is 16.3 Å². The van der Waals surface area contributed by atoms with Crippen LogP contribution in [0.15, 0.2) is 40.6 Å². The van der Waals surface area contributed by atoms with E-state index < -0.39 is 21.8 Å². The van der Waals surface area contributed by atoms with Crippen molar-refractivity contribution in [1.29, 1.82) is 0 Å². The first kappa shape index (κ1) is 14.4. The van der Waals surface area contributed by atoms with E-state index in [1.807, 2.05) is 0 Å².